The number of hydrogen-bond donors (Lipinski definition) is 0. The first kappa shape index (κ1) is 7.57. The minimum Gasteiger partial charge on any atom is -0.364 e. The van der Waals surface area contributed by atoms with Crippen LogP contribution in [0, 0.1) is 0 Å². The molecule has 0 saturated carbocycles. The monoisotopic (exact) mass is 174 g/mol. The molecule has 13 heavy (non-hydrogen) atoms. The topological polar surface area (TPSA) is 12.5 Å². The minimum absolute atomic E-state index is 0.452. The third-order valence-corrected chi connectivity index (χ3v) is 3.16. The molecule has 0 bridgehead atoms. The van der Waals surface area contributed by atoms with Gasteiger partial charge in [-0.1, -0.05) is 32.0 Å². The number of ether oxygens (including phenoxy) is 1. The Hall–Kier alpha value is -0.820. The van der Waals surface area contributed by atoms with Crippen LogP contribution in [0.15, 0.2) is 18.2 Å². The van der Waals surface area contributed by atoms with E-state index >= 15 is 0 Å². The first-order chi connectivity index (χ1) is 6.27. The predicted molar refractivity (Wildman–Crippen MR) is 51.8 cm³/mol. The van der Waals surface area contributed by atoms with Crippen LogP contribution in [0.5, 0.6) is 0 Å². The summed E-state index contributed by atoms with van der Waals surface area (Å²) in [6.45, 7) is 4.53. The maximum Gasteiger partial charge on any atom is 0.110 e. The van der Waals surface area contributed by atoms with Gasteiger partial charge < -0.3 is 4.74 Å². The second-order valence-electron chi connectivity index (χ2n) is 4.37. The van der Waals surface area contributed by atoms with Gasteiger partial charge in [0, 0.05) is 6.42 Å². The smallest absolute Gasteiger partial charge is 0.110 e. The normalized spacial score (nSPS) is 28.8. The summed E-state index contributed by atoms with van der Waals surface area (Å²) >= 11 is 0. The van der Waals surface area contributed by atoms with Crippen molar-refractivity contribution in [3.63, 3.8) is 0 Å². The van der Waals surface area contributed by atoms with Crippen molar-refractivity contribution in [2.24, 2.45) is 0 Å². The van der Waals surface area contributed by atoms with Gasteiger partial charge in [-0.2, -0.15) is 0 Å². The van der Waals surface area contributed by atoms with Gasteiger partial charge in [-0.05, 0) is 22.6 Å². The highest BCUT2D eigenvalue weighted by Gasteiger charge is 2.47. The summed E-state index contributed by atoms with van der Waals surface area (Å²) in [5.41, 5.74) is 4.54. The molecule has 2 aliphatic rings. The average molecular weight is 174 g/mol. The van der Waals surface area contributed by atoms with E-state index in [4.69, 9.17) is 4.74 Å². The zero-order chi connectivity index (χ0) is 9.00. The number of benzene rings is 1. The Morgan fingerprint density at radius 2 is 2.23 bits per heavy atom. The lowest BCUT2D eigenvalue weighted by Crippen LogP contribution is -1.98. The van der Waals surface area contributed by atoms with E-state index in [-0.39, 0.29) is 0 Å². The fraction of sp³-hybridized carbons (Fsp3) is 0.500. The number of epoxide rings is 1. The van der Waals surface area contributed by atoms with Crippen molar-refractivity contribution in [2.45, 2.75) is 38.4 Å². The Balaban J connectivity index is 2.13. The second-order valence-corrected chi connectivity index (χ2v) is 4.37. The molecule has 1 aliphatic carbocycles. The molecule has 0 radical (unpaired) electrons. The SMILES string of the molecule is CC(C)c1cccc2c1C[C@@H]1O[C@@H]21. The van der Waals surface area contributed by atoms with Gasteiger partial charge in [0.25, 0.3) is 0 Å². The van der Waals surface area contributed by atoms with Crippen molar-refractivity contribution < 1.29 is 4.74 Å². The number of fused-ring (bicyclic) bond motifs is 3. The molecule has 0 aromatic heterocycles. The Morgan fingerprint density at radius 3 is 3.00 bits per heavy atom. The molecular weight excluding hydrogens is 160 g/mol. The fourth-order valence-corrected chi connectivity index (χ4v) is 2.44. The summed E-state index contributed by atoms with van der Waals surface area (Å²) in [5.74, 6) is 0.646. The molecule has 1 fully saturated rings. The van der Waals surface area contributed by atoms with Gasteiger partial charge in [0.1, 0.15) is 6.10 Å². The van der Waals surface area contributed by atoms with Crippen LogP contribution in [0.2, 0.25) is 0 Å². The van der Waals surface area contributed by atoms with Crippen molar-refractivity contribution in [3.05, 3.63) is 34.9 Å². The molecule has 1 aromatic rings. The number of hydrogen-bond acceptors (Lipinski definition) is 1. The molecule has 1 heterocycles. The highest BCUT2D eigenvalue weighted by molar-refractivity contribution is 5.45. The van der Waals surface area contributed by atoms with Crippen LogP contribution in [0.25, 0.3) is 0 Å². The largest absolute Gasteiger partial charge is 0.364 e. The molecule has 0 amide bonds. The van der Waals surface area contributed by atoms with E-state index in [1.807, 2.05) is 0 Å². The Bertz CT molecular complexity index is 354. The first-order valence-electron chi connectivity index (χ1n) is 5.04. The molecule has 0 unspecified atom stereocenters. The number of rotatable bonds is 1. The van der Waals surface area contributed by atoms with Gasteiger partial charge in [0.15, 0.2) is 0 Å². The molecule has 1 aliphatic heterocycles. The fourth-order valence-electron chi connectivity index (χ4n) is 2.44. The highest BCUT2D eigenvalue weighted by Crippen LogP contribution is 2.50. The molecular formula is C12H14O. The Morgan fingerprint density at radius 1 is 1.38 bits per heavy atom. The van der Waals surface area contributed by atoms with Gasteiger partial charge in [-0.3, -0.25) is 0 Å². The molecule has 0 N–H and O–H groups in total. The van der Waals surface area contributed by atoms with E-state index in [2.05, 4.69) is 32.0 Å². The highest BCUT2D eigenvalue weighted by atomic mass is 16.6. The summed E-state index contributed by atoms with van der Waals surface area (Å²) in [5, 5.41) is 0. The molecule has 68 valence electrons. The zero-order valence-corrected chi connectivity index (χ0v) is 8.08. The first-order valence-corrected chi connectivity index (χ1v) is 5.04. The van der Waals surface area contributed by atoms with E-state index in [1.54, 1.807) is 5.56 Å². The van der Waals surface area contributed by atoms with Crippen LogP contribution in [-0.2, 0) is 11.2 Å². The van der Waals surface area contributed by atoms with Crippen molar-refractivity contribution in [3.8, 4) is 0 Å². The molecule has 1 heteroatoms. The van der Waals surface area contributed by atoms with Crippen LogP contribution < -0.4 is 0 Å². The summed E-state index contributed by atoms with van der Waals surface area (Å²) in [4.78, 5) is 0. The predicted octanol–water partition coefficient (Wildman–Crippen LogP) is 2.81. The van der Waals surface area contributed by atoms with E-state index in [1.165, 1.54) is 11.1 Å². The van der Waals surface area contributed by atoms with Crippen LogP contribution in [0.3, 0.4) is 0 Å². The maximum atomic E-state index is 5.51. The van der Waals surface area contributed by atoms with E-state index < -0.39 is 0 Å². The summed E-state index contributed by atoms with van der Waals surface area (Å²) in [7, 11) is 0. The van der Waals surface area contributed by atoms with Crippen molar-refractivity contribution >= 4 is 0 Å². The standard InChI is InChI=1S/C12H14O/c1-7(2)8-4-3-5-9-10(8)6-11-12(9)13-11/h3-5,7,11-12H,6H2,1-2H3/t11-,12-/m0/s1. The van der Waals surface area contributed by atoms with E-state index in [0.717, 1.165) is 6.42 Å². The van der Waals surface area contributed by atoms with Crippen LogP contribution in [0.1, 0.15) is 42.6 Å². The summed E-state index contributed by atoms with van der Waals surface area (Å²) < 4.78 is 5.51. The van der Waals surface area contributed by atoms with Gasteiger partial charge in [-0.25, -0.2) is 0 Å². The molecule has 0 spiro atoms. The van der Waals surface area contributed by atoms with Crippen LogP contribution >= 0.6 is 0 Å². The molecule has 3 rings (SSSR count). The lowest BCUT2D eigenvalue weighted by molar-refractivity contribution is 0.360. The van der Waals surface area contributed by atoms with Crippen LogP contribution in [0.4, 0.5) is 0 Å². The third-order valence-electron chi connectivity index (χ3n) is 3.16. The minimum atomic E-state index is 0.452. The summed E-state index contributed by atoms with van der Waals surface area (Å²) in [6.07, 6.45) is 2.12. The molecule has 2 atom stereocenters. The summed E-state index contributed by atoms with van der Waals surface area (Å²) in [6, 6.07) is 6.64. The molecule has 1 saturated heterocycles. The van der Waals surface area contributed by atoms with Gasteiger partial charge in [0.2, 0.25) is 0 Å². The zero-order valence-electron chi connectivity index (χ0n) is 8.08. The second kappa shape index (κ2) is 2.36. The van der Waals surface area contributed by atoms with Crippen molar-refractivity contribution in [1.29, 1.82) is 0 Å². The van der Waals surface area contributed by atoms with Gasteiger partial charge in [0.05, 0.1) is 6.10 Å². The van der Waals surface area contributed by atoms with E-state index in [9.17, 15) is 0 Å². The van der Waals surface area contributed by atoms with Crippen molar-refractivity contribution in [1.82, 2.24) is 0 Å². The van der Waals surface area contributed by atoms with Crippen molar-refractivity contribution in [2.75, 3.05) is 0 Å². The van der Waals surface area contributed by atoms with E-state index in [0.29, 0.717) is 18.1 Å². The Kier molecular flexibility index (Phi) is 1.37. The Labute approximate surface area is 78.7 Å². The molecule has 1 aromatic carbocycles. The van der Waals surface area contributed by atoms with Gasteiger partial charge in [-0.15, -0.1) is 0 Å². The lowest BCUT2D eigenvalue weighted by atomic mass is 9.94. The van der Waals surface area contributed by atoms with Gasteiger partial charge >= 0.3 is 0 Å². The third kappa shape index (κ3) is 0.969. The maximum absolute atomic E-state index is 5.51. The average Bonchev–Trinajstić information content (AvgIpc) is 2.78. The quantitative estimate of drug-likeness (QED) is 0.596. The van der Waals surface area contributed by atoms with Crippen LogP contribution in [-0.4, -0.2) is 6.10 Å². The molecule has 1 nitrogen and oxygen atoms in total. The lowest BCUT2D eigenvalue weighted by Gasteiger charge is -2.12.